The standard InChI is InChI=1S/C26H35ClFN5O3/c1-4-33-23-13-24(32-26(35)36-3)29-14-16(23)10-19(25(33)34)18-11-22(21(28)12-20(18)27)31-15(2)30-17-8-6-5-7-9-17/h5-10,15-16,18,20,23,26,30-31,35H,4,11-14H2,1-3H3,(H,29,32). The largest absolute Gasteiger partial charge is 0.367 e. The number of allylic oxidation sites excluding steroid dienone is 2. The number of carbonyl (C=O) groups excluding carboxylic acids is 1. The van der Waals surface area contributed by atoms with Crippen molar-refractivity contribution in [3.05, 3.63) is 53.5 Å². The van der Waals surface area contributed by atoms with Crippen LogP contribution in [-0.4, -0.2) is 65.9 Å². The van der Waals surface area contributed by atoms with Crippen molar-refractivity contribution in [2.24, 2.45) is 16.8 Å². The number of benzene rings is 1. The van der Waals surface area contributed by atoms with Crippen LogP contribution in [0, 0.1) is 11.8 Å². The van der Waals surface area contributed by atoms with Crippen LogP contribution in [0.1, 0.15) is 33.1 Å². The number of rotatable bonds is 8. The van der Waals surface area contributed by atoms with Crippen LogP contribution < -0.4 is 16.0 Å². The maximum absolute atomic E-state index is 15.0. The van der Waals surface area contributed by atoms with Gasteiger partial charge in [-0.3, -0.25) is 9.79 Å². The summed E-state index contributed by atoms with van der Waals surface area (Å²) in [7, 11) is 1.40. The van der Waals surface area contributed by atoms with E-state index in [9.17, 15) is 14.3 Å². The van der Waals surface area contributed by atoms with Gasteiger partial charge in [0.1, 0.15) is 11.7 Å². The molecule has 1 amide bonds. The zero-order valence-corrected chi connectivity index (χ0v) is 21.6. The fourth-order valence-electron chi connectivity index (χ4n) is 5.26. The lowest BCUT2D eigenvalue weighted by Crippen LogP contribution is -2.54. The molecule has 36 heavy (non-hydrogen) atoms. The Morgan fingerprint density at radius 2 is 1.97 bits per heavy atom. The van der Waals surface area contributed by atoms with E-state index in [2.05, 4.69) is 20.9 Å². The molecule has 8 nitrogen and oxygen atoms in total. The lowest BCUT2D eigenvalue weighted by molar-refractivity contribution is -0.131. The third kappa shape index (κ3) is 5.85. The van der Waals surface area contributed by atoms with E-state index >= 15 is 0 Å². The number of aliphatic hydroxyl groups is 1. The molecule has 2 heterocycles. The molecular formula is C26H35ClFN5O3. The van der Waals surface area contributed by atoms with Crippen molar-refractivity contribution in [1.29, 1.82) is 0 Å². The predicted molar refractivity (Wildman–Crippen MR) is 139 cm³/mol. The highest BCUT2D eigenvalue weighted by Gasteiger charge is 2.43. The van der Waals surface area contributed by atoms with Crippen LogP contribution in [0.5, 0.6) is 0 Å². The van der Waals surface area contributed by atoms with E-state index in [4.69, 9.17) is 16.3 Å². The molecule has 0 saturated heterocycles. The van der Waals surface area contributed by atoms with Crippen molar-refractivity contribution in [2.45, 2.75) is 57.1 Å². The quantitative estimate of drug-likeness (QED) is 0.311. The van der Waals surface area contributed by atoms with Crippen LogP contribution >= 0.6 is 11.6 Å². The second kappa shape index (κ2) is 11.6. The maximum Gasteiger partial charge on any atom is 0.250 e. The first-order valence-corrected chi connectivity index (χ1v) is 12.9. The van der Waals surface area contributed by atoms with E-state index in [1.807, 2.05) is 55.2 Å². The SMILES string of the molecule is CCN1C(=O)C(C2CC(NC(C)Nc3ccccc3)=C(F)CC2Cl)=CC2CN=C(NC(O)OC)CC21. The molecule has 1 aliphatic carbocycles. The number of carbonyl (C=O) groups is 1. The average Bonchev–Trinajstić information content (AvgIpc) is 2.86. The first kappa shape index (κ1) is 26.4. The Balaban J connectivity index is 1.51. The summed E-state index contributed by atoms with van der Waals surface area (Å²) in [5.74, 6) is -0.00809. The second-order valence-electron chi connectivity index (χ2n) is 9.46. The van der Waals surface area contributed by atoms with E-state index in [1.165, 1.54) is 7.11 Å². The number of hydrogen-bond acceptors (Lipinski definition) is 7. The Bertz CT molecular complexity index is 1030. The number of alkyl halides is 1. The molecule has 0 fully saturated rings. The number of fused-ring (bicyclic) bond motifs is 1. The molecule has 0 radical (unpaired) electrons. The summed E-state index contributed by atoms with van der Waals surface area (Å²) in [6.07, 6.45) is 1.52. The number of ether oxygens (including phenoxy) is 1. The smallest absolute Gasteiger partial charge is 0.250 e. The molecule has 1 aromatic rings. The van der Waals surface area contributed by atoms with Crippen molar-refractivity contribution >= 4 is 29.0 Å². The molecule has 10 heteroatoms. The highest BCUT2D eigenvalue weighted by molar-refractivity contribution is 6.21. The molecule has 0 aromatic heterocycles. The van der Waals surface area contributed by atoms with Crippen molar-refractivity contribution < 1.29 is 19.0 Å². The number of amides is 1. The summed E-state index contributed by atoms with van der Waals surface area (Å²) in [5, 5.41) is 18.6. The fraction of sp³-hybridized carbons (Fsp3) is 0.538. The van der Waals surface area contributed by atoms with Gasteiger partial charge in [-0.1, -0.05) is 24.3 Å². The predicted octanol–water partition coefficient (Wildman–Crippen LogP) is 3.32. The van der Waals surface area contributed by atoms with Gasteiger partial charge in [-0.2, -0.15) is 0 Å². The monoisotopic (exact) mass is 519 g/mol. The number of hydrogen-bond donors (Lipinski definition) is 4. The van der Waals surface area contributed by atoms with Gasteiger partial charge in [0.2, 0.25) is 12.3 Å². The third-order valence-corrected chi connectivity index (χ3v) is 7.51. The maximum atomic E-state index is 15.0. The van der Waals surface area contributed by atoms with Gasteiger partial charge in [-0.15, -0.1) is 11.6 Å². The van der Waals surface area contributed by atoms with Crippen molar-refractivity contribution in [1.82, 2.24) is 15.5 Å². The molecule has 4 rings (SSSR count). The van der Waals surface area contributed by atoms with Gasteiger partial charge in [0.15, 0.2) is 0 Å². The van der Waals surface area contributed by atoms with Gasteiger partial charge in [0.25, 0.3) is 0 Å². The highest BCUT2D eigenvalue weighted by Crippen LogP contribution is 2.41. The summed E-state index contributed by atoms with van der Waals surface area (Å²) in [6.45, 7) is 4.88. The van der Waals surface area contributed by atoms with Crippen molar-refractivity contribution in [3.63, 3.8) is 0 Å². The molecule has 2 aliphatic heterocycles. The van der Waals surface area contributed by atoms with Crippen LogP contribution in [0.4, 0.5) is 10.1 Å². The number of nitrogens with zero attached hydrogens (tertiary/aromatic N) is 2. The number of amidine groups is 1. The van der Waals surface area contributed by atoms with E-state index in [0.717, 1.165) is 5.69 Å². The van der Waals surface area contributed by atoms with Crippen LogP contribution in [-0.2, 0) is 9.53 Å². The number of methoxy groups -OCH3 is 1. The van der Waals surface area contributed by atoms with Crippen molar-refractivity contribution in [2.75, 3.05) is 25.5 Å². The molecule has 3 aliphatic rings. The van der Waals surface area contributed by atoms with Gasteiger partial charge in [0.05, 0.1) is 6.17 Å². The molecule has 196 valence electrons. The molecule has 4 N–H and O–H groups in total. The summed E-state index contributed by atoms with van der Waals surface area (Å²) >= 11 is 6.66. The number of halogens is 2. The first-order valence-electron chi connectivity index (χ1n) is 12.4. The van der Waals surface area contributed by atoms with Crippen molar-refractivity contribution in [3.8, 4) is 0 Å². The first-order chi connectivity index (χ1) is 17.3. The van der Waals surface area contributed by atoms with Gasteiger partial charge in [-0.25, -0.2) is 4.39 Å². The Morgan fingerprint density at radius 1 is 1.22 bits per heavy atom. The van der Waals surface area contributed by atoms with E-state index in [1.54, 1.807) is 0 Å². The van der Waals surface area contributed by atoms with Gasteiger partial charge < -0.3 is 30.7 Å². The van der Waals surface area contributed by atoms with Crippen LogP contribution in [0.15, 0.2) is 58.5 Å². The minimum absolute atomic E-state index is 0.0255. The van der Waals surface area contributed by atoms with Gasteiger partial charge >= 0.3 is 0 Å². The Hall–Kier alpha value is -2.62. The summed E-state index contributed by atoms with van der Waals surface area (Å²) < 4.78 is 19.8. The third-order valence-electron chi connectivity index (χ3n) is 7.05. The Morgan fingerprint density at radius 3 is 2.67 bits per heavy atom. The Labute approximate surface area is 216 Å². The fourth-order valence-corrected chi connectivity index (χ4v) is 5.62. The molecule has 1 aromatic carbocycles. The van der Waals surface area contributed by atoms with Gasteiger partial charge in [0, 0.05) is 73.3 Å². The van der Waals surface area contributed by atoms with E-state index in [-0.39, 0.29) is 42.2 Å². The lowest BCUT2D eigenvalue weighted by atomic mass is 9.78. The second-order valence-corrected chi connectivity index (χ2v) is 10.0. The number of aliphatic imine (C=N–C) groups is 1. The molecule has 6 atom stereocenters. The molecule has 0 bridgehead atoms. The molecular weight excluding hydrogens is 485 g/mol. The topological polar surface area (TPSA) is 98.2 Å². The molecule has 6 unspecified atom stereocenters. The van der Waals surface area contributed by atoms with Crippen LogP contribution in [0.25, 0.3) is 0 Å². The summed E-state index contributed by atoms with van der Waals surface area (Å²) in [6, 6.07) is 9.64. The lowest BCUT2D eigenvalue weighted by Gasteiger charge is -2.44. The molecule has 0 saturated carbocycles. The van der Waals surface area contributed by atoms with Gasteiger partial charge in [-0.05, 0) is 32.4 Å². The Kier molecular flexibility index (Phi) is 8.54. The molecule has 0 spiro atoms. The van der Waals surface area contributed by atoms with E-state index in [0.29, 0.717) is 43.0 Å². The summed E-state index contributed by atoms with van der Waals surface area (Å²) in [5.41, 5.74) is 2.05. The zero-order chi connectivity index (χ0) is 25.8. The van der Waals surface area contributed by atoms with E-state index < -0.39 is 11.8 Å². The summed E-state index contributed by atoms with van der Waals surface area (Å²) in [4.78, 5) is 20.0. The minimum Gasteiger partial charge on any atom is -0.367 e. The number of likely N-dealkylation sites (N-methyl/N-ethyl adjacent to an activating group) is 1. The number of aliphatic hydroxyl groups excluding tert-OH is 1. The highest BCUT2D eigenvalue weighted by atomic mass is 35.5. The number of anilines is 1. The number of para-hydroxylation sites is 1. The van der Waals surface area contributed by atoms with Crippen LogP contribution in [0.2, 0.25) is 0 Å². The average molecular weight is 520 g/mol. The zero-order valence-electron chi connectivity index (χ0n) is 20.9. The normalized spacial score (nSPS) is 28.1. The van der Waals surface area contributed by atoms with Crippen LogP contribution in [0.3, 0.4) is 0 Å². The minimum atomic E-state index is -1.15. The number of nitrogens with one attached hydrogen (secondary N) is 3.